The van der Waals surface area contributed by atoms with Crippen molar-refractivity contribution < 1.29 is 5.11 Å². The normalized spacial score (nSPS) is 12.8. The molecule has 0 aliphatic rings. The SMILES string of the molecule is CCCCCCCCCCCCCC(CCC)CCO. The highest BCUT2D eigenvalue weighted by Gasteiger charge is 2.06. The molecule has 0 heterocycles. The van der Waals surface area contributed by atoms with Crippen LogP contribution in [0.3, 0.4) is 0 Å². The fourth-order valence-electron chi connectivity index (χ4n) is 3.12. The summed E-state index contributed by atoms with van der Waals surface area (Å²) in [6.45, 7) is 4.92. The van der Waals surface area contributed by atoms with Crippen molar-refractivity contribution in [3.8, 4) is 0 Å². The molecule has 0 aliphatic carbocycles. The van der Waals surface area contributed by atoms with E-state index >= 15 is 0 Å². The smallest absolute Gasteiger partial charge is 0.0433 e. The molecule has 1 N–H and O–H groups in total. The van der Waals surface area contributed by atoms with Crippen molar-refractivity contribution >= 4 is 0 Å². The van der Waals surface area contributed by atoms with E-state index in [0.29, 0.717) is 6.61 Å². The van der Waals surface area contributed by atoms with Gasteiger partial charge in [-0.3, -0.25) is 0 Å². The summed E-state index contributed by atoms with van der Waals surface area (Å²) in [5.41, 5.74) is 0. The third-order valence-corrected chi connectivity index (χ3v) is 4.45. The van der Waals surface area contributed by atoms with Gasteiger partial charge in [-0.1, -0.05) is 104 Å². The van der Waals surface area contributed by atoms with E-state index in [9.17, 15) is 0 Å². The predicted molar refractivity (Wildman–Crippen MR) is 91.2 cm³/mol. The maximum atomic E-state index is 9.04. The first kappa shape index (κ1) is 20.0. The lowest BCUT2D eigenvalue weighted by Crippen LogP contribution is -2.02. The maximum Gasteiger partial charge on any atom is 0.0433 e. The van der Waals surface area contributed by atoms with Gasteiger partial charge < -0.3 is 5.11 Å². The van der Waals surface area contributed by atoms with E-state index in [-0.39, 0.29) is 0 Å². The summed E-state index contributed by atoms with van der Waals surface area (Å²) >= 11 is 0. The van der Waals surface area contributed by atoms with Crippen LogP contribution in [0.2, 0.25) is 0 Å². The third-order valence-electron chi connectivity index (χ3n) is 4.45. The quantitative estimate of drug-likeness (QED) is 0.321. The van der Waals surface area contributed by atoms with Gasteiger partial charge >= 0.3 is 0 Å². The Morgan fingerprint density at radius 1 is 0.550 bits per heavy atom. The molecule has 1 nitrogen and oxygen atoms in total. The Bertz CT molecular complexity index is 161. The maximum absolute atomic E-state index is 9.04. The minimum atomic E-state index is 0.378. The topological polar surface area (TPSA) is 20.2 Å². The zero-order valence-electron chi connectivity index (χ0n) is 14.3. The second-order valence-electron chi connectivity index (χ2n) is 6.49. The first-order chi connectivity index (χ1) is 9.85. The van der Waals surface area contributed by atoms with Gasteiger partial charge in [0.15, 0.2) is 0 Å². The molecule has 1 unspecified atom stereocenters. The molecule has 0 aromatic carbocycles. The lowest BCUT2D eigenvalue weighted by molar-refractivity contribution is 0.243. The highest BCUT2D eigenvalue weighted by atomic mass is 16.3. The molecule has 0 aromatic rings. The van der Waals surface area contributed by atoms with Crippen LogP contribution in [0.25, 0.3) is 0 Å². The van der Waals surface area contributed by atoms with Crippen molar-refractivity contribution in [2.24, 2.45) is 5.92 Å². The van der Waals surface area contributed by atoms with Crippen LogP contribution in [-0.2, 0) is 0 Å². The number of hydrogen-bond acceptors (Lipinski definition) is 1. The van der Waals surface area contributed by atoms with Crippen LogP contribution in [0.4, 0.5) is 0 Å². The number of rotatable bonds is 16. The number of unbranched alkanes of at least 4 members (excludes halogenated alkanes) is 10. The van der Waals surface area contributed by atoms with Crippen molar-refractivity contribution in [3.05, 3.63) is 0 Å². The van der Waals surface area contributed by atoms with E-state index in [1.807, 2.05) is 0 Å². The summed E-state index contributed by atoms with van der Waals surface area (Å²) in [5, 5.41) is 9.04. The minimum Gasteiger partial charge on any atom is -0.396 e. The highest BCUT2D eigenvalue weighted by Crippen LogP contribution is 2.19. The summed E-state index contributed by atoms with van der Waals surface area (Å²) in [4.78, 5) is 0. The molecule has 0 aliphatic heterocycles. The van der Waals surface area contributed by atoms with Crippen LogP contribution in [0, 0.1) is 5.92 Å². The van der Waals surface area contributed by atoms with Gasteiger partial charge in [-0.05, 0) is 12.3 Å². The van der Waals surface area contributed by atoms with Crippen molar-refractivity contribution in [2.45, 2.75) is 110 Å². The third kappa shape index (κ3) is 14.4. The first-order valence-electron chi connectivity index (χ1n) is 9.46. The summed E-state index contributed by atoms with van der Waals surface area (Å²) in [5.74, 6) is 0.781. The van der Waals surface area contributed by atoms with Crippen LogP contribution in [-0.4, -0.2) is 11.7 Å². The summed E-state index contributed by atoms with van der Waals surface area (Å²) < 4.78 is 0. The molecule has 20 heavy (non-hydrogen) atoms. The fraction of sp³-hybridized carbons (Fsp3) is 1.00. The minimum absolute atomic E-state index is 0.378. The van der Waals surface area contributed by atoms with Crippen molar-refractivity contribution in [1.29, 1.82) is 0 Å². The van der Waals surface area contributed by atoms with Gasteiger partial charge in [0.25, 0.3) is 0 Å². The molecule has 0 rings (SSSR count). The largest absolute Gasteiger partial charge is 0.396 e. The Morgan fingerprint density at radius 2 is 1.05 bits per heavy atom. The molecule has 0 bridgehead atoms. The van der Waals surface area contributed by atoms with Gasteiger partial charge in [-0.15, -0.1) is 0 Å². The second-order valence-corrected chi connectivity index (χ2v) is 6.49. The monoisotopic (exact) mass is 284 g/mol. The van der Waals surface area contributed by atoms with Crippen molar-refractivity contribution in [1.82, 2.24) is 0 Å². The molecule has 0 amide bonds. The zero-order valence-corrected chi connectivity index (χ0v) is 14.3. The fourth-order valence-corrected chi connectivity index (χ4v) is 3.12. The lowest BCUT2D eigenvalue weighted by atomic mass is 9.93. The molecule has 1 heteroatoms. The standard InChI is InChI=1S/C19H40O/c1-3-5-6-7-8-9-10-11-12-13-14-16-19(15-4-2)17-18-20/h19-20H,3-18H2,1-2H3. The molecular formula is C19H40O. The van der Waals surface area contributed by atoms with Crippen molar-refractivity contribution in [2.75, 3.05) is 6.61 Å². The van der Waals surface area contributed by atoms with E-state index in [1.54, 1.807) is 0 Å². The highest BCUT2D eigenvalue weighted by molar-refractivity contribution is 4.59. The molecule has 0 aromatic heterocycles. The van der Waals surface area contributed by atoms with E-state index in [0.717, 1.165) is 12.3 Å². The first-order valence-corrected chi connectivity index (χ1v) is 9.46. The van der Waals surface area contributed by atoms with E-state index in [2.05, 4.69) is 13.8 Å². The van der Waals surface area contributed by atoms with Gasteiger partial charge in [0, 0.05) is 6.61 Å². The average Bonchev–Trinajstić information content (AvgIpc) is 2.45. The summed E-state index contributed by atoms with van der Waals surface area (Å²) in [6.07, 6.45) is 20.6. The van der Waals surface area contributed by atoms with E-state index in [1.165, 1.54) is 89.9 Å². The molecule has 0 saturated carbocycles. The van der Waals surface area contributed by atoms with Crippen LogP contribution < -0.4 is 0 Å². The molecule has 0 saturated heterocycles. The molecular weight excluding hydrogens is 244 g/mol. The van der Waals surface area contributed by atoms with Crippen LogP contribution in [0.15, 0.2) is 0 Å². The van der Waals surface area contributed by atoms with Gasteiger partial charge in [0.2, 0.25) is 0 Å². The molecule has 0 fully saturated rings. The number of aliphatic hydroxyl groups is 1. The molecule has 0 spiro atoms. The Balaban J connectivity index is 3.18. The lowest BCUT2D eigenvalue weighted by Gasteiger charge is -2.14. The summed E-state index contributed by atoms with van der Waals surface area (Å²) in [7, 11) is 0. The Hall–Kier alpha value is -0.0400. The average molecular weight is 285 g/mol. The van der Waals surface area contributed by atoms with Gasteiger partial charge in [-0.2, -0.15) is 0 Å². The number of aliphatic hydroxyl groups excluding tert-OH is 1. The molecule has 122 valence electrons. The van der Waals surface area contributed by atoms with Crippen LogP contribution in [0.5, 0.6) is 0 Å². The number of hydrogen-bond donors (Lipinski definition) is 1. The second kappa shape index (κ2) is 17.0. The zero-order chi connectivity index (χ0) is 14.9. The molecule has 1 atom stereocenters. The van der Waals surface area contributed by atoms with E-state index in [4.69, 9.17) is 5.11 Å². The summed E-state index contributed by atoms with van der Waals surface area (Å²) in [6, 6.07) is 0. The predicted octanol–water partition coefficient (Wildman–Crippen LogP) is 6.49. The Morgan fingerprint density at radius 3 is 1.50 bits per heavy atom. The van der Waals surface area contributed by atoms with Gasteiger partial charge in [0.1, 0.15) is 0 Å². The van der Waals surface area contributed by atoms with Crippen molar-refractivity contribution in [3.63, 3.8) is 0 Å². The van der Waals surface area contributed by atoms with E-state index < -0.39 is 0 Å². The van der Waals surface area contributed by atoms with Gasteiger partial charge in [0.05, 0.1) is 0 Å². The Labute approximate surface area is 128 Å². The Kier molecular flexibility index (Phi) is 17.0. The molecule has 0 radical (unpaired) electrons. The van der Waals surface area contributed by atoms with Crippen LogP contribution >= 0.6 is 0 Å². The van der Waals surface area contributed by atoms with Crippen LogP contribution in [0.1, 0.15) is 110 Å². The van der Waals surface area contributed by atoms with Gasteiger partial charge in [-0.25, -0.2) is 0 Å².